The summed E-state index contributed by atoms with van der Waals surface area (Å²) in [6.07, 6.45) is 1.91. The molecule has 56 heavy (non-hydrogen) atoms. The third-order valence-electron chi connectivity index (χ3n) is 11.7. The highest BCUT2D eigenvalue weighted by Crippen LogP contribution is 2.33. The van der Waals surface area contributed by atoms with Gasteiger partial charge in [0.15, 0.2) is 0 Å². The predicted molar refractivity (Wildman–Crippen MR) is 209 cm³/mol. The Kier molecular flexibility index (Phi) is 10.5. The minimum atomic E-state index is -0.970. The number of piperazine rings is 2. The number of benzene rings is 3. The molecule has 3 aromatic rings. The van der Waals surface area contributed by atoms with Crippen LogP contribution in [-0.2, 0) is 9.59 Å². The van der Waals surface area contributed by atoms with E-state index in [1.807, 2.05) is 36.4 Å². The summed E-state index contributed by atoms with van der Waals surface area (Å²) in [5.41, 5.74) is 3.97. The van der Waals surface area contributed by atoms with E-state index >= 15 is 0 Å². The van der Waals surface area contributed by atoms with Gasteiger partial charge >= 0.3 is 6.09 Å². The average Bonchev–Trinajstić information content (AvgIpc) is 3.46. The van der Waals surface area contributed by atoms with Gasteiger partial charge in [0.05, 0.1) is 21.7 Å². The number of imide groups is 2. The van der Waals surface area contributed by atoms with E-state index in [1.165, 1.54) is 0 Å². The van der Waals surface area contributed by atoms with Gasteiger partial charge in [0.1, 0.15) is 17.9 Å². The van der Waals surface area contributed by atoms with Gasteiger partial charge in [0.25, 0.3) is 11.8 Å². The number of halogens is 1. The van der Waals surface area contributed by atoms with Crippen LogP contribution in [0.4, 0.5) is 21.9 Å². The van der Waals surface area contributed by atoms with Crippen molar-refractivity contribution in [1.29, 1.82) is 5.26 Å². The number of ether oxygens (including phenoxy) is 1. The molecule has 4 fully saturated rings. The second kappa shape index (κ2) is 15.8. The number of carbonyl (C=O) groups excluding carboxylic acids is 5. The number of anilines is 3. The number of nitriles is 1. The number of carbonyl (C=O) groups is 5. The van der Waals surface area contributed by atoms with Gasteiger partial charge < -0.3 is 24.3 Å². The Balaban J connectivity index is 0.762. The maximum absolute atomic E-state index is 13.3. The lowest BCUT2D eigenvalue weighted by Crippen LogP contribution is -2.54. The Morgan fingerprint density at radius 1 is 0.732 bits per heavy atom. The predicted octanol–water partition coefficient (Wildman–Crippen LogP) is 3.97. The van der Waals surface area contributed by atoms with Crippen molar-refractivity contribution in [3.05, 3.63) is 82.4 Å². The summed E-state index contributed by atoms with van der Waals surface area (Å²) in [7, 11) is 0. The van der Waals surface area contributed by atoms with Crippen LogP contribution in [0.25, 0.3) is 0 Å². The zero-order valence-corrected chi connectivity index (χ0v) is 31.7. The zero-order chi connectivity index (χ0) is 38.9. The van der Waals surface area contributed by atoms with Crippen molar-refractivity contribution in [2.45, 2.75) is 31.7 Å². The number of rotatable bonds is 7. The number of fused-ring (bicyclic) bond motifs is 1. The molecule has 5 amide bonds. The topological polar surface area (TPSA) is 150 Å². The van der Waals surface area contributed by atoms with Gasteiger partial charge in [0, 0.05) is 95.5 Å². The van der Waals surface area contributed by atoms with E-state index in [-0.39, 0.29) is 18.9 Å². The minimum Gasteiger partial charge on any atom is -0.410 e. The van der Waals surface area contributed by atoms with Crippen LogP contribution in [0.5, 0.6) is 5.75 Å². The van der Waals surface area contributed by atoms with Crippen LogP contribution in [0.3, 0.4) is 0 Å². The van der Waals surface area contributed by atoms with Gasteiger partial charge in [0.2, 0.25) is 11.8 Å². The number of nitrogens with zero attached hydrogens (tertiary/aromatic N) is 7. The van der Waals surface area contributed by atoms with Gasteiger partial charge in [-0.3, -0.25) is 34.3 Å². The SMILES string of the molecule is N#Cc1ccc(N2CCN(C(=O)Oc3ccc(N4CCN(CC5CCN(c6ccc7c(c6)C(=O)N(C6CCC(=O)NC6=O)C7=O)CC5)CC4)cc3)CC2)cc1Cl. The molecule has 0 saturated carbocycles. The van der Waals surface area contributed by atoms with E-state index < -0.39 is 29.7 Å². The largest absolute Gasteiger partial charge is 0.415 e. The van der Waals surface area contributed by atoms with Gasteiger partial charge in [-0.1, -0.05) is 11.6 Å². The summed E-state index contributed by atoms with van der Waals surface area (Å²) in [5.74, 6) is -0.894. The van der Waals surface area contributed by atoms with Gasteiger partial charge in [-0.05, 0) is 85.8 Å². The summed E-state index contributed by atoms with van der Waals surface area (Å²) in [6, 6.07) is 19.6. The van der Waals surface area contributed by atoms with E-state index in [2.05, 4.69) is 31.0 Å². The minimum absolute atomic E-state index is 0.0928. The highest BCUT2D eigenvalue weighted by atomic mass is 35.5. The normalized spacial score (nSPS) is 20.9. The van der Waals surface area contributed by atoms with Crippen LogP contribution in [0.1, 0.15) is 52.0 Å². The molecule has 4 saturated heterocycles. The summed E-state index contributed by atoms with van der Waals surface area (Å²) in [6.45, 7) is 8.79. The summed E-state index contributed by atoms with van der Waals surface area (Å²) < 4.78 is 5.71. The second-order valence-electron chi connectivity index (χ2n) is 15.0. The lowest BCUT2D eigenvalue weighted by atomic mass is 9.95. The monoisotopic (exact) mass is 778 g/mol. The van der Waals surface area contributed by atoms with Crippen LogP contribution < -0.4 is 24.8 Å². The Hall–Kier alpha value is -5.65. The standard InChI is InChI=1S/C41H43ClN8O6/c42-35-24-31(2-1-28(35)25-43)48-19-21-49(22-20-48)41(55)56-32-6-3-29(4-7-32)47-17-15-45(16-18-47)26-27-11-13-46(14-12-27)30-5-8-33-34(23-30)40(54)50(39(33)53)36-9-10-37(51)44-38(36)52/h1-8,23-24,27,36H,9-22,26H2,(H,44,51,52). The average molecular weight is 779 g/mol. The quantitative estimate of drug-likeness (QED) is 0.348. The van der Waals surface area contributed by atoms with Crippen LogP contribution in [0.2, 0.25) is 5.02 Å². The van der Waals surface area contributed by atoms with E-state index in [0.717, 1.165) is 80.6 Å². The van der Waals surface area contributed by atoms with Crippen molar-refractivity contribution in [2.24, 2.45) is 5.92 Å². The number of nitrogens with one attached hydrogen (secondary N) is 1. The van der Waals surface area contributed by atoms with Crippen molar-refractivity contribution in [3.8, 4) is 11.8 Å². The maximum atomic E-state index is 13.3. The van der Waals surface area contributed by atoms with Crippen LogP contribution in [0.15, 0.2) is 60.7 Å². The highest BCUT2D eigenvalue weighted by Gasteiger charge is 2.45. The number of piperidine rings is 2. The summed E-state index contributed by atoms with van der Waals surface area (Å²) in [5, 5.41) is 11.8. The van der Waals surface area contributed by atoms with E-state index in [1.54, 1.807) is 29.2 Å². The van der Waals surface area contributed by atoms with Gasteiger partial charge in [-0.2, -0.15) is 5.26 Å². The molecule has 0 aliphatic carbocycles. The second-order valence-corrected chi connectivity index (χ2v) is 15.4. The fraction of sp³-hybridized carbons (Fsp3) is 0.415. The third kappa shape index (κ3) is 7.61. The molecular weight excluding hydrogens is 736 g/mol. The lowest BCUT2D eigenvalue weighted by Gasteiger charge is -2.40. The first-order valence-electron chi connectivity index (χ1n) is 19.2. The molecule has 15 heteroatoms. The molecule has 3 aromatic carbocycles. The molecule has 0 radical (unpaired) electrons. The van der Waals surface area contributed by atoms with Crippen molar-refractivity contribution in [1.82, 2.24) is 20.0 Å². The first kappa shape index (κ1) is 37.3. The summed E-state index contributed by atoms with van der Waals surface area (Å²) >= 11 is 6.21. The fourth-order valence-electron chi connectivity index (χ4n) is 8.41. The van der Waals surface area contributed by atoms with Crippen molar-refractivity contribution < 1.29 is 28.7 Å². The molecule has 14 nitrogen and oxygen atoms in total. The van der Waals surface area contributed by atoms with Crippen LogP contribution in [0, 0.1) is 17.2 Å². The number of amides is 5. The van der Waals surface area contributed by atoms with E-state index in [9.17, 15) is 24.0 Å². The zero-order valence-electron chi connectivity index (χ0n) is 31.0. The number of hydrogen-bond donors (Lipinski definition) is 1. The fourth-order valence-corrected chi connectivity index (χ4v) is 8.63. The third-order valence-corrected chi connectivity index (χ3v) is 12.0. The number of hydrogen-bond acceptors (Lipinski definition) is 11. The molecule has 1 unspecified atom stereocenters. The lowest BCUT2D eigenvalue weighted by molar-refractivity contribution is -0.136. The molecule has 0 bridgehead atoms. The smallest absolute Gasteiger partial charge is 0.410 e. The van der Waals surface area contributed by atoms with Gasteiger partial charge in [-0.25, -0.2) is 4.79 Å². The Bertz CT molecular complexity index is 2080. The van der Waals surface area contributed by atoms with Crippen LogP contribution in [-0.4, -0.2) is 122 Å². The Labute approximate surface area is 330 Å². The molecule has 1 N–H and O–H groups in total. The first-order chi connectivity index (χ1) is 27.1. The summed E-state index contributed by atoms with van der Waals surface area (Å²) in [4.78, 5) is 75.4. The Morgan fingerprint density at radius 2 is 1.34 bits per heavy atom. The molecule has 8 rings (SSSR count). The molecule has 5 heterocycles. The van der Waals surface area contributed by atoms with Gasteiger partial charge in [-0.15, -0.1) is 0 Å². The molecule has 5 aliphatic rings. The molecule has 290 valence electrons. The van der Waals surface area contributed by atoms with Crippen molar-refractivity contribution in [3.63, 3.8) is 0 Å². The molecule has 0 spiro atoms. The maximum Gasteiger partial charge on any atom is 0.415 e. The van der Waals surface area contributed by atoms with E-state index in [0.29, 0.717) is 59.6 Å². The molecular formula is C41H43ClN8O6. The Morgan fingerprint density at radius 3 is 2.02 bits per heavy atom. The van der Waals surface area contributed by atoms with Crippen molar-refractivity contribution in [2.75, 3.05) is 86.7 Å². The first-order valence-corrected chi connectivity index (χ1v) is 19.6. The van der Waals surface area contributed by atoms with Crippen LogP contribution >= 0.6 is 11.6 Å². The highest BCUT2D eigenvalue weighted by molar-refractivity contribution is 6.32. The van der Waals surface area contributed by atoms with Crippen molar-refractivity contribution >= 4 is 58.4 Å². The molecule has 5 aliphatic heterocycles. The molecule has 0 aromatic heterocycles. The van der Waals surface area contributed by atoms with E-state index in [4.69, 9.17) is 21.6 Å². The molecule has 1 atom stereocenters.